The molecular formula is C22H28N4O2S. The number of pyridine rings is 1. The molecule has 7 heteroatoms. The largest absolute Gasteiger partial charge is 0.372 e. The van der Waals surface area contributed by atoms with E-state index in [1.807, 2.05) is 42.0 Å². The van der Waals surface area contributed by atoms with Gasteiger partial charge in [-0.3, -0.25) is 14.9 Å². The van der Waals surface area contributed by atoms with Crippen LogP contribution in [0.3, 0.4) is 0 Å². The number of thiophene rings is 1. The first-order chi connectivity index (χ1) is 14.2. The number of carbonyl (C=O) groups is 1. The molecule has 1 atom stereocenters. The Morgan fingerprint density at radius 1 is 1.31 bits per heavy atom. The van der Waals surface area contributed by atoms with Gasteiger partial charge in [0.05, 0.1) is 17.5 Å². The van der Waals surface area contributed by atoms with Gasteiger partial charge in [0.25, 0.3) is 5.91 Å². The van der Waals surface area contributed by atoms with E-state index in [0.29, 0.717) is 12.1 Å². The van der Waals surface area contributed by atoms with Crippen molar-refractivity contribution in [1.29, 1.82) is 0 Å². The lowest BCUT2D eigenvalue weighted by atomic mass is 9.89. The second-order valence-corrected chi connectivity index (χ2v) is 7.93. The molecule has 0 aliphatic heterocycles. The van der Waals surface area contributed by atoms with Crippen molar-refractivity contribution in [2.24, 2.45) is 0 Å². The summed E-state index contributed by atoms with van der Waals surface area (Å²) in [6, 6.07) is 7.87. The number of aromatic nitrogens is 3. The van der Waals surface area contributed by atoms with Crippen molar-refractivity contribution >= 4 is 17.2 Å². The van der Waals surface area contributed by atoms with Gasteiger partial charge in [-0.15, -0.1) is 11.3 Å². The molecule has 3 aromatic heterocycles. The molecule has 0 bridgehead atoms. The third kappa shape index (κ3) is 5.31. The molecule has 154 valence electrons. The molecule has 3 heterocycles. The van der Waals surface area contributed by atoms with Gasteiger partial charge in [0.1, 0.15) is 5.60 Å². The van der Waals surface area contributed by atoms with Crippen molar-refractivity contribution in [3.63, 3.8) is 0 Å². The van der Waals surface area contributed by atoms with Gasteiger partial charge in [-0.1, -0.05) is 25.8 Å². The van der Waals surface area contributed by atoms with Gasteiger partial charge in [0.2, 0.25) is 0 Å². The third-order valence-electron chi connectivity index (χ3n) is 5.28. The normalized spacial score (nSPS) is 13.2. The highest BCUT2D eigenvalue weighted by molar-refractivity contribution is 7.13. The lowest BCUT2D eigenvalue weighted by molar-refractivity contribution is -0.0311. The zero-order chi connectivity index (χ0) is 20.5. The van der Waals surface area contributed by atoms with Crippen molar-refractivity contribution in [3.05, 3.63) is 59.5 Å². The molecule has 0 aliphatic rings. The number of nitrogens with zero attached hydrogens (tertiary/aromatic N) is 2. The molecule has 3 aromatic rings. The number of nitrogens with one attached hydrogen (secondary N) is 2. The molecule has 1 unspecified atom stereocenters. The predicted molar refractivity (Wildman–Crippen MR) is 116 cm³/mol. The van der Waals surface area contributed by atoms with Gasteiger partial charge in [-0.2, -0.15) is 5.10 Å². The second kappa shape index (κ2) is 10.3. The maximum absolute atomic E-state index is 12.3. The van der Waals surface area contributed by atoms with Crippen LogP contribution in [0.5, 0.6) is 0 Å². The van der Waals surface area contributed by atoms with E-state index in [1.54, 1.807) is 24.6 Å². The Morgan fingerprint density at radius 3 is 2.90 bits per heavy atom. The standard InChI is InChI=1S/C22H28N4O2S/c1-3-22(28-2,20-9-5-8-11-23-20)10-6-4-7-12-24-21(27)17-13-19(29-16-17)18-14-25-26-15-18/h5,8-9,11,13-16H,3-4,6-7,10,12H2,1-2H3,(H,24,27)(H,25,26). The number of amides is 1. The summed E-state index contributed by atoms with van der Waals surface area (Å²) in [4.78, 5) is 17.9. The minimum absolute atomic E-state index is 0.0238. The summed E-state index contributed by atoms with van der Waals surface area (Å²) >= 11 is 1.55. The topological polar surface area (TPSA) is 79.9 Å². The SMILES string of the molecule is CCC(CCCCCNC(=O)c1csc(-c2cn[nH]c2)c1)(OC)c1ccccn1. The van der Waals surface area contributed by atoms with Gasteiger partial charge >= 0.3 is 0 Å². The minimum Gasteiger partial charge on any atom is -0.372 e. The molecule has 2 N–H and O–H groups in total. The van der Waals surface area contributed by atoms with E-state index >= 15 is 0 Å². The van der Waals surface area contributed by atoms with Crippen LogP contribution in [0.25, 0.3) is 10.4 Å². The predicted octanol–water partition coefficient (Wildman–Crippen LogP) is 4.78. The van der Waals surface area contributed by atoms with Crippen molar-refractivity contribution in [1.82, 2.24) is 20.5 Å². The van der Waals surface area contributed by atoms with Crippen molar-refractivity contribution in [2.75, 3.05) is 13.7 Å². The summed E-state index contributed by atoms with van der Waals surface area (Å²) in [5.74, 6) is -0.0238. The van der Waals surface area contributed by atoms with Crippen LogP contribution in [0.4, 0.5) is 0 Å². The summed E-state index contributed by atoms with van der Waals surface area (Å²) in [5.41, 5.74) is 2.36. The fourth-order valence-electron chi connectivity index (χ4n) is 3.48. The fourth-order valence-corrected chi connectivity index (χ4v) is 4.35. The van der Waals surface area contributed by atoms with Crippen LogP contribution < -0.4 is 5.32 Å². The first-order valence-corrected chi connectivity index (χ1v) is 10.9. The molecule has 6 nitrogen and oxygen atoms in total. The number of H-pyrrole nitrogens is 1. The first-order valence-electron chi connectivity index (χ1n) is 10.0. The number of carbonyl (C=O) groups excluding carboxylic acids is 1. The van der Waals surface area contributed by atoms with Crippen LogP contribution in [0.15, 0.2) is 48.2 Å². The smallest absolute Gasteiger partial charge is 0.252 e. The second-order valence-electron chi connectivity index (χ2n) is 7.02. The van der Waals surface area contributed by atoms with E-state index in [-0.39, 0.29) is 11.5 Å². The van der Waals surface area contributed by atoms with Gasteiger partial charge in [0.15, 0.2) is 0 Å². The van der Waals surface area contributed by atoms with Crippen molar-refractivity contribution < 1.29 is 9.53 Å². The zero-order valence-corrected chi connectivity index (χ0v) is 17.8. The average molecular weight is 413 g/mol. The zero-order valence-electron chi connectivity index (χ0n) is 17.0. The first kappa shape index (κ1) is 21.2. The summed E-state index contributed by atoms with van der Waals surface area (Å²) in [5, 5.41) is 11.6. The number of methoxy groups -OCH3 is 1. The Bertz CT molecular complexity index is 873. The molecule has 29 heavy (non-hydrogen) atoms. The molecule has 0 aliphatic carbocycles. The Kier molecular flexibility index (Phi) is 7.55. The van der Waals surface area contributed by atoms with Gasteiger partial charge in [0, 0.05) is 41.9 Å². The third-order valence-corrected chi connectivity index (χ3v) is 6.26. The molecule has 0 radical (unpaired) electrons. The van der Waals surface area contributed by atoms with Gasteiger partial charge in [-0.05, 0) is 37.5 Å². The Hall–Kier alpha value is -2.51. The number of hydrogen-bond donors (Lipinski definition) is 2. The summed E-state index contributed by atoms with van der Waals surface area (Å²) < 4.78 is 5.87. The van der Waals surface area contributed by atoms with Crippen LogP contribution in [0.2, 0.25) is 0 Å². The molecular weight excluding hydrogens is 384 g/mol. The molecule has 0 aromatic carbocycles. The monoisotopic (exact) mass is 412 g/mol. The Labute approximate surface area is 175 Å². The maximum atomic E-state index is 12.3. The number of unbranched alkanes of at least 4 members (excludes halogenated alkanes) is 2. The fraction of sp³-hybridized carbons (Fsp3) is 0.409. The molecule has 0 fully saturated rings. The summed E-state index contributed by atoms with van der Waals surface area (Å²) in [6.07, 6.45) is 10.2. The number of hydrogen-bond acceptors (Lipinski definition) is 5. The van der Waals surface area contributed by atoms with Crippen LogP contribution in [0.1, 0.15) is 55.1 Å². The molecule has 0 spiro atoms. The Morgan fingerprint density at radius 2 is 2.21 bits per heavy atom. The molecule has 1 amide bonds. The van der Waals surface area contributed by atoms with E-state index in [0.717, 1.165) is 48.2 Å². The maximum Gasteiger partial charge on any atom is 0.252 e. The highest BCUT2D eigenvalue weighted by Gasteiger charge is 2.30. The number of aromatic amines is 1. The van der Waals surface area contributed by atoms with E-state index < -0.39 is 0 Å². The summed E-state index contributed by atoms with van der Waals surface area (Å²) in [6.45, 7) is 2.81. The molecule has 0 saturated carbocycles. The average Bonchev–Trinajstić information content (AvgIpc) is 3.46. The van der Waals surface area contributed by atoms with Crippen molar-refractivity contribution in [3.8, 4) is 10.4 Å². The van der Waals surface area contributed by atoms with E-state index in [1.165, 1.54) is 0 Å². The quantitative estimate of drug-likeness (QED) is 0.444. The van der Waals surface area contributed by atoms with E-state index in [2.05, 4.69) is 27.4 Å². The number of ether oxygens (including phenoxy) is 1. The van der Waals surface area contributed by atoms with Crippen LogP contribution in [-0.4, -0.2) is 34.7 Å². The van der Waals surface area contributed by atoms with Gasteiger partial charge in [-0.25, -0.2) is 0 Å². The molecule has 3 rings (SSSR count). The number of rotatable bonds is 11. The summed E-state index contributed by atoms with van der Waals surface area (Å²) in [7, 11) is 1.76. The minimum atomic E-state index is -0.329. The van der Waals surface area contributed by atoms with Crippen LogP contribution in [-0.2, 0) is 10.3 Å². The lowest BCUT2D eigenvalue weighted by Crippen LogP contribution is -2.29. The lowest BCUT2D eigenvalue weighted by Gasteiger charge is -2.31. The van der Waals surface area contributed by atoms with Crippen molar-refractivity contribution in [2.45, 2.75) is 44.6 Å². The molecule has 0 saturated heterocycles. The van der Waals surface area contributed by atoms with E-state index in [4.69, 9.17) is 4.74 Å². The van der Waals surface area contributed by atoms with Crippen LogP contribution >= 0.6 is 11.3 Å². The van der Waals surface area contributed by atoms with E-state index in [9.17, 15) is 4.79 Å². The van der Waals surface area contributed by atoms with Crippen LogP contribution in [0, 0.1) is 0 Å². The Balaban J connectivity index is 1.41. The highest BCUT2D eigenvalue weighted by atomic mass is 32.1. The van der Waals surface area contributed by atoms with Gasteiger partial charge < -0.3 is 10.1 Å². The highest BCUT2D eigenvalue weighted by Crippen LogP contribution is 2.33.